The SMILES string of the molecule is CC(CCCc1nc2cc(C(=O)N[C@@H](c3ccccc3)C(F)(F)F)ccc2nc1-c1ccc(Cl)cc1)C(=O)O. The Morgan fingerprint density at radius 3 is 2.31 bits per heavy atom. The lowest BCUT2D eigenvalue weighted by atomic mass is 10.0. The molecule has 0 spiro atoms. The maximum atomic E-state index is 13.8. The molecule has 10 heteroatoms. The summed E-state index contributed by atoms with van der Waals surface area (Å²) in [6.07, 6.45) is -3.32. The average Bonchev–Trinajstić information content (AvgIpc) is 2.91. The van der Waals surface area contributed by atoms with Gasteiger partial charge in [-0.25, -0.2) is 9.97 Å². The quantitative estimate of drug-likeness (QED) is 0.231. The standard InChI is InChI=1S/C29H25ClF3N3O3/c1-17(28(38)39)6-5-9-23-25(18-10-13-21(30)14-11-18)35-22-15-12-20(16-24(22)34-23)27(37)36-26(29(31,32)33)19-7-3-2-4-8-19/h2-4,7-8,10-17,26H,5-6,9H2,1H3,(H,36,37)(H,38,39)/t17?,26-/m0/s1. The molecule has 0 aliphatic rings. The van der Waals surface area contributed by atoms with E-state index in [0.717, 1.165) is 5.56 Å². The van der Waals surface area contributed by atoms with E-state index in [-0.39, 0.29) is 11.1 Å². The Bertz CT molecular complexity index is 1480. The fraction of sp³-hybridized carbons (Fsp3) is 0.241. The van der Waals surface area contributed by atoms with Crippen molar-refractivity contribution in [2.24, 2.45) is 5.92 Å². The van der Waals surface area contributed by atoms with Gasteiger partial charge in [-0.2, -0.15) is 13.2 Å². The predicted octanol–water partition coefficient (Wildman–Crippen LogP) is 7.03. The van der Waals surface area contributed by atoms with Crippen LogP contribution < -0.4 is 5.32 Å². The number of benzene rings is 3. The highest BCUT2D eigenvalue weighted by Gasteiger charge is 2.42. The van der Waals surface area contributed by atoms with Crippen LogP contribution in [0.2, 0.25) is 5.02 Å². The number of nitrogens with one attached hydrogen (secondary N) is 1. The van der Waals surface area contributed by atoms with E-state index in [1.165, 1.54) is 42.5 Å². The third-order valence-corrected chi connectivity index (χ3v) is 6.58. The molecule has 0 bridgehead atoms. The first-order chi connectivity index (χ1) is 18.5. The third kappa shape index (κ3) is 6.92. The lowest BCUT2D eigenvalue weighted by Crippen LogP contribution is -2.38. The van der Waals surface area contributed by atoms with Gasteiger partial charge in [-0.15, -0.1) is 0 Å². The number of carbonyl (C=O) groups is 2. The second-order valence-corrected chi connectivity index (χ2v) is 9.66. The molecule has 6 nitrogen and oxygen atoms in total. The number of alkyl halides is 3. The Hall–Kier alpha value is -3.98. The van der Waals surface area contributed by atoms with Crippen LogP contribution in [0.15, 0.2) is 72.8 Å². The lowest BCUT2D eigenvalue weighted by Gasteiger charge is -2.22. The van der Waals surface area contributed by atoms with E-state index in [2.05, 4.69) is 5.32 Å². The minimum Gasteiger partial charge on any atom is -0.481 e. The van der Waals surface area contributed by atoms with Gasteiger partial charge in [0.25, 0.3) is 5.91 Å². The highest BCUT2D eigenvalue weighted by Crippen LogP contribution is 2.33. The Kier molecular flexibility index (Phi) is 8.50. The summed E-state index contributed by atoms with van der Waals surface area (Å²) in [5, 5.41) is 11.8. The lowest BCUT2D eigenvalue weighted by molar-refractivity contribution is -0.155. The normalized spacial score (nSPS) is 13.2. The molecule has 4 rings (SSSR count). The Balaban J connectivity index is 1.67. The molecule has 1 aromatic heterocycles. The summed E-state index contributed by atoms with van der Waals surface area (Å²) in [4.78, 5) is 33.5. The summed E-state index contributed by atoms with van der Waals surface area (Å²) < 4.78 is 41.3. The van der Waals surface area contributed by atoms with Gasteiger partial charge in [0.15, 0.2) is 6.04 Å². The van der Waals surface area contributed by atoms with E-state index in [1.54, 1.807) is 37.3 Å². The summed E-state index contributed by atoms with van der Waals surface area (Å²) >= 11 is 6.03. The van der Waals surface area contributed by atoms with Crippen molar-refractivity contribution in [3.05, 3.63) is 94.6 Å². The number of carbonyl (C=O) groups excluding carboxylic acids is 1. The monoisotopic (exact) mass is 555 g/mol. The van der Waals surface area contributed by atoms with Crippen molar-refractivity contribution < 1.29 is 27.9 Å². The van der Waals surface area contributed by atoms with E-state index in [9.17, 15) is 27.9 Å². The smallest absolute Gasteiger partial charge is 0.412 e. The molecule has 3 aromatic carbocycles. The highest BCUT2D eigenvalue weighted by molar-refractivity contribution is 6.30. The van der Waals surface area contributed by atoms with Crippen LogP contribution in [-0.2, 0) is 11.2 Å². The summed E-state index contributed by atoms with van der Waals surface area (Å²) in [5.41, 5.74) is 2.64. The molecular weight excluding hydrogens is 531 g/mol. The topological polar surface area (TPSA) is 92.2 Å². The minimum absolute atomic E-state index is 0.00618. The van der Waals surface area contributed by atoms with Crippen molar-refractivity contribution in [1.82, 2.24) is 15.3 Å². The van der Waals surface area contributed by atoms with Gasteiger partial charge in [-0.1, -0.05) is 61.0 Å². The number of hydrogen-bond acceptors (Lipinski definition) is 4. The molecule has 1 amide bonds. The number of hydrogen-bond donors (Lipinski definition) is 2. The molecule has 2 atom stereocenters. The fourth-order valence-corrected chi connectivity index (χ4v) is 4.28. The molecule has 202 valence electrons. The van der Waals surface area contributed by atoms with Crippen molar-refractivity contribution in [1.29, 1.82) is 0 Å². The van der Waals surface area contributed by atoms with E-state index >= 15 is 0 Å². The van der Waals surface area contributed by atoms with Crippen LogP contribution in [0.3, 0.4) is 0 Å². The Morgan fingerprint density at radius 1 is 0.974 bits per heavy atom. The molecule has 0 radical (unpaired) electrons. The number of carboxylic acids is 1. The zero-order valence-electron chi connectivity index (χ0n) is 20.9. The minimum atomic E-state index is -4.69. The van der Waals surface area contributed by atoms with Gasteiger partial charge in [0.2, 0.25) is 0 Å². The predicted molar refractivity (Wildman–Crippen MR) is 142 cm³/mol. The van der Waals surface area contributed by atoms with Gasteiger partial charge >= 0.3 is 12.1 Å². The molecule has 4 aromatic rings. The van der Waals surface area contributed by atoms with Crippen LogP contribution in [-0.4, -0.2) is 33.1 Å². The van der Waals surface area contributed by atoms with Gasteiger partial charge in [-0.05, 0) is 55.2 Å². The van der Waals surface area contributed by atoms with Gasteiger partial charge < -0.3 is 10.4 Å². The van der Waals surface area contributed by atoms with Gasteiger partial charge in [-0.3, -0.25) is 9.59 Å². The second-order valence-electron chi connectivity index (χ2n) is 9.22. The van der Waals surface area contributed by atoms with Crippen molar-refractivity contribution in [2.45, 2.75) is 38.4 Å². The first-order valence-corrected chi connectivity index (χ1v) is 12.6. The maximum absolute atomic E-state index is 13.8. The number of aliphatic carboxylic acids is 1. The zero-order chi connectivity index (χ0) is 28.2. The molecule has 1 unspecified atom stereocenters. The van der Waals surface area contributed by atoms with Gasteiger partial charge in [0.1, 0.15) is 0 Å². The van der Waals surface area contributed by atoms with E-state index < -0.39 is 30.0 Å². The summed E-state index contributed by atoms with van der Waals surface area (Å²) in [6, 6.07) is 16.4. The molecule has 0 saturated heterocycles. The molecule has 0 fully saturated rings. The highest BCUT2D eigenvalue weighted by atomic mass is 35.5. The van der Waals surface area contributed by atoms with Crippen molar-refractivity contribution in [2.75, 3.05) is 0 Å². The Morgan fingerprint density at radius 2 is 1.67 bits per heavy atom. The van der Waals surface area contributed by atoms with Gasteiger partial charge in [0.05, 0.1) is 28.3 Å². The van der Waals surface area contributed by atoms with Crippen LogP contribution in [0.4, 0.5) is 13.2 Å². The summed E-state index contributed by atoms with van der Waals surface area (Å²) in [6.45, 7) is 1.63. The summed E-state index contributed by atoms with van der Waals surface area (Å²) in [7, 11) is 0. The number of aryl methyl sites for hydroxylation is 1. The van der Waals surface area contributed by atoms with Crippen LogP contribution >= 0.6 is 11.6 Å². The molecule has 2 N–H and O–H groups in total. The number of halogens is 4. The fourth-order valence-electron chi connectivity index (χ4n) is 4.16. The van der Waals surface area contributed by atoms with E-state index in [1.807, 2.05) is 0 Å². The number of amides is 1. The van der Waals surface area contributed by atoms with Crippen LogP contribution in [0.25, 0.3) is 22.3 Å². The number of carboxylic acid groups (broad SMARTS) is 1. The Labute approximate surface area is 227 Å². The largest absolute Gasteiger partial charge is 0.481 e. The van der Waals surface area contributed by atoms with E-state index in [4.69, 9.17) is 21.6 Å². The molecule has 1 heterocycles. The zero-order valence-corrected chi connectivity index (χ0v) is 21.6. The van der Waals surface area contributed by atoms with E-state index in [0.29, 0.717) is 46.7 Å². The molecule has 0 aliphatic heterocycles. The summed E-state index contributed by atoms with van der Waals surface area (Å²) in [5.74, 6) is -2.32. The number of nitrogens with zero attached hydrogens (tertiary/aromatic N) is 2. The second kappa shape index (κ2) is 11.8. The number of rotatable bonds is 9. The number of fused-ring (bicyclic) bond motifs is 1. The number of aromatic nitrogens is 2. The maximum Gasteiger partial charge on any atom is 0.412 e. The first kappa shape index (κ1) is 28.0. The first-order valence-electron chi connectivity index (χ1n) is 12.2. The van der Waals surface area contributed by atoms with Gasteiger partial charge in [0, 0.05) is 16.1 Å². The van der Waals surface area contributed by atoms with Crippen LogP contribution in [0.1, 0.15) is 47.4 Å². The average molecular weight is 556 g/mol. The van der Waals surface area contributed by atoms with Crippen LogP contribution in [0, 0.1) is 5.92 Å². The van der Waals surface area contributed by atoms with Crippen molar-refractivity contribution in [3.63, 3.8) is 0 Å². The van der Waals surface area contributed by atoms with Crippen molar-refractivity contribution >= 4 is 34.5 Å². The third-order valence-electron chi connectivity index (χ3n) is 6.32. The van der Waals surface area contributed by atoms with Crippen molar-refractivity contribution in [3.8, 4) is 11.3 Å². The molecule has 0 saturated carbocycles. The van der Waals surface area contributed by atoms with Crippen LogP contribution in [0.5, 0.6) is 0 Å². The molecular formula is C29H25ClF3N3O3. The molecule has 39 heavy (non-hydrogen) atoms. The molecule has 0 aliphatic carbocycles.